The van der Waals surface area contributed by atoms with Gasteiger partial charge in [-0.2, -0.15) is 0 Å². The number of benzene rings is 2. The van der Waals surface area contributed by atoms with E-state index in [2.05, 4.69) is 22.0 Å². The Morgan fingerprint density at radius 3 is 2.41 bits per heavy atom. The summed E-state index contributed by atoms with van der Waals surface area (Å²) in [6.45, 7) is 10.9. The Labute approximate surface area is 172 Å². The number of nitrogens with one attached hydrogen (secondary N) is 1. The highest BCUT2D eigenvalue weighted by Crippen LogP contribution is 2.29. The summed E-state index contributed by atoms with van der Waals surface area (Å²) < 4.78 is 5.13. The number of rotatable bonds is 6. The molecular weight excluding hydrogens is 366 g/mol. The number of likely N-dealkylation sites (N-methyl/N-ethyl adjacent to an activating group) is 1. The van der Waals surface area contributed by atoms with Crippen molar-refractivity contribution in [1.82, 2.24) is 4.90 Å². The van der Waals surface area contributed by atoms with E-state index in [0.717, 1.165) is 44.0 Å². The SMILES string of the molecule is CCOC(=O)c1ccc(N2CCN(CC)CC2)c(NC(=O)c2ccccc2C)c1. The minimum Gasteiger partial charge on any atom is -0.462 e. The molecule has 1 fully saturated rings. The largest absolute Gasteiger partial charge is 0.462 e. The molecule has 0 atom stereocenters. The quantitative estimate of drug-likeness (QED) is 0.758. The van der Waals surface area contributed by atoms with Gasteiger partial charge in [0.15, 0.2) is 0 Å². The number of nitrogens with zero attached hydrogens (tertiary/aromatic N) is 2. The maximum atomic E-state index is 12.9. The summed E-state index contributed by atoms with van der Waals surface area (Å²) in [6.07, 6.45) is 0. The Balaban J connectivity index is 1.90. The number of amides is 1. The zero-order valence-corrected chi connectivity index (χ0v) is 17.4. The van der Waals surface area contributed by atoms with Gasteiger partial charge >= 0.3 is 5.97 Å². The molecule has 1 N–H and O–H groups in total. The van der Waals surface area contributed by atoms with Crippen LogP contribution in [0.1, 0.15) is 40.1 Å². The molecule has 1 aliphatic heterocycles. The van der Waals surface area contributed by atoms with Crippen LogP contribution in [0.15, 0.2) is 42.5 Å². The summed E-state index contributed by atoms with van der Waals surface area (Å²) in [5.41, 5.74) is 3.52. The second-order valence-corrected chi connectivity index (χ2v) is 7.14. The molecule has 29 heavy (non-hydrogen) atoms. The molecule has 0 bridgehead atoms. The van der Waals surface area contributed by atoms with E-state index in [1.54, 1.807) is 25.1 Å². The number of anilines is 2. The van der Waals surface area contributed by atoms with E-state index in [4.69, 9.17) is 4.74 Å². The molecule has 1 heterocycles. The van der Waals surface area contributed by atoms with Crippen LogP contribution >= 0.6 is 0 Å². The number of carbonyl (C=O) groups excluding carboxylic acids is 2. The highest BCUT2D eigenvalue weighted by Gasteiger charge is 2.21. The molecule has 0 aromatic heterocycles. The fourth-order valence-corrected chi connectivity index (χ4v) is 3.58. The number of piperazine rings is 1. The average molecular weight is 396 g/mol. The van der Waals surface area contributed by atoms with Crippen molar-refractivity contribution >= 4 is 23.3 Å². The zero-order valence-electron chi connectivity index (χ0n) is 17.4. The first-order chi connectivity index (χ1) is 14.0. The lowest BCUT2D eigenvalue weighted by atomic mass is 10.1. The zero-order chi connectivity index (χ0) is 20.8. The summed E-state index contributed by atoms with van der Waals surface area (Å²) in [4.78, 5) is 29.8. The molecule has 0 spiro atoms. The summed E-state index contributed by atoms with van der Waals surface area (Å²) in [7, 11) is 0. The van der Waals surface area contributed by atoms with E-state index in [0.29, 0.717) is 23.4 Å². The Morgan fingerprint density at radius 1 is 1.03 bits per heavy atom. The number of aryl methyl sites for hydroxylation is 1. The van der Waals surface area contributed by atoms with Crippen LogP contribution in [0, 0.1) is 6.92 Å². The topological polar surface area (TPSA) is 61.9 Å². The molecule has 1 amide bonds. The third kappa shape index (κ3) is 4.95. The van der Waals surface area contributed by atoms with Crippen molar-refractivity contribution in [1.29, 1.82) is 0 Å². The highest BCUT2D eigenvalue weighted by atomic mass is 16.5. The summed E-state index contributed by atoms with van der Waals surface area (Å²) in [6, 6.07) is 12.9. The van der Waals surface area contributed by atoms with Crippen molar-refractivity contribution in [3.8, 4) is 0 Å². The van der Waals surface area contributed by atoms with Crippen LogP contribution in [0.2, 0.25) is 0 Å². The molecule has 0 radical (unpaired) electrons. The second-order valence-electron chi connectivity index (χ2n) is 7.14. The van der Waals surface area contributed by atoms with Gasteiger partial charge in [0.1, 0.15) is 0 Å². The normalized spacial score (nSPS) is 14.5. The second kappa shape index (κ2) is 9.56. The smallest absolute Gasteiger partial charge is 0.338 e. The van der Waals surface area contributed by atoms with Gasteiger partial charge in [-0.1, -0.05) is 25.1 Å². The van der Waals surface area contributed by atoms with Gasteiger partial charge in [-0.15, -0.1) is 0 Å². The van der Waals surface area contributed by atoms with Crippen molar-refractivity contribution in [2.45, 2.75) is 20.8 Å². The molecule has 0 saturated carbocycles. The molecule has 1 aliphatic rings. The van der Waals surface area contributed by atoms with E-state index in [9.17, 15) is 9.59 Å². The number of carbonyl (C=O) groups is 2. The third-order valence-electron chi connectivity index (χ3n) is 5.31. The number of hydrogen-bond donors (Lipinski definition) is 1. The maximum Gasteiger partial charge on any atom is 0.338 e. The van der Waals surface area contributed by atoms with E-state index in [1.807, 2.05) is 31.2 Å². The van der Waals surface area contributed by atoms with Gasteiger partial charge in [0, 0.05) is 31.7 Å². The Hall–Kier alpha value is -2.86. The van der Waals surface area contributed by atoms with Crippen LogP contribution in [0.3, 0.4) is 0 Å². The summed E-state index contributed by atoms with van der Waals surface area (Å²) >= 11 is 0. The predicted molar refractivity (Wildman–Crippen MR) is 116 cm³/mol. The van der Waals surface area contributed by atoms with Crippen LogP contribution < -0.4 is 10.2 Å². The lowest BCUT2D eigenvalue weighted by Crippen LogP contribution is -2.46. The number of ether oxygens (including phenoxy) is 1. The molecule has 154 valence electrons. The standard InChI is InChI=1S/C23H29N3O3/c1-4-25-12-14-26(15-13-25)21-11-10-18(23(28)29-5-2)16-20(21)24-22(27)19-9-7-6-8-17(19)3/h6-11,16H,4-5,12-15H2,1-3H3,(H,24,27). The number of hydrogen-bond acceptors (Lipinski definition) is 5. The van der Waals surface area contributed by atoms with Gasteiger partial charge in [-0.25, -0.2) is 4.79 Å². The van der Waals surface area contributed by atoms with Gasteiger partial charge in [-0.05, 0) is 50.2 Å². The molecule has 0 unspecified atom stereocenters. The maximum absolute atomic E-state index is 12.9. The Kier molecular flexibility index (Phi) is 6.88. The first kappa shape index (κ1) is 20.9. The predicted octanol–water partition coefficient (Wildman–Crippen LogP) is 3.57. The molecular formula is C23H29N3O3. The summed E-state index contributed by atoms with van der Waals surface area (Å²) in [5, 5.41) is 3.03. The first-order valence-corrected chi connectivity index (χ1v) is 10.2. The van der Waals surface area contributed by atoms with Crippen molar-refractivity contribution in [3.05, 3.63) is 59.2 Å². The van der Waals surface area contributed by atoms with Crippen LogP contribution in [0.5, 0.6) is 0 Å². The van der Waals surface area contributed by atoms with Gasteiger partial charge in [0.25, 0.3) is 5.91 Å². The van der Waals surface area contributed by atoms with Crippen molar-refractivity contribution in [2.75, 3.05) is 49.5 Å². The first-order valence-electron chi connectivity index (χ1n) is 10.2. The van der Waals surface area contributed by atoms with E-state index in [-0.39, 0.29) is 11.9 Å². The van der Waals surface area contributed by atoms with Gasteiger partial charge in [0.05, 0.1) is 23.5 Å². The lowest BCUT2D eigenvalue weighted by molar-refractivity contribution is 0.0526. The van der Waals surface area contributed by atoms with Crippen LogP contribution in [-0.4, -0.2) is 56.1 Å². The fourth-order valence-electron chi connectivity index (χ4n) is 3.58. The van der Waals surface area contributed by atoms with Crippen molar-refractivity contribution < 1.29 is 14.3 Å². The minimum absolute atomic E-state index is 0.183. The third-order valence-corrected chi connectivity index (χ3v) is 5.31. The fraction of sp³-hybridized carbons (Fsp3) is 0.391. The highest BCUT2D eigenvalue weighted by molar-refractivity contribution is 6.07. The van der Waals surface area contributed by atoms with Crippen LogP contribution in [0.25, 0.3) is 0 Å². The molecule has 2 aromatic carbocycles. The molecule has 6 nitrogen and oxygen atoms in total. The molecule has 6 heteroatoms. The van der Waals surface area contributed by atoms with Gasteiger partial charge in [0.2, 0.25) is 0 Å². The van der Waals surface area contributed by atoms with Crippen LogP contribution in [-0.2, 0) is 4.74 Å². The average Bonchev–Trinajstić information content (AvgIpc) is 2.74. The van der Waals surface area contributed by atoms with Crippen molar-refractivity contribution in [3.63, 3.8) is 0 Å². The van der Waals surface area contributed by atoms with Crippen LogP contribution in [0.4, 0.5) is 11.4 Å². The molecule has 2 aromatic rings. The Morgan fingerprint density at radius 2 is 1.76 bits per heavy atom. The van der Waals surface area contributed by atoms with E-state index in [1.165, 1.54) is 0 Å². The van der Waals surface area contributed by atoms with E-state index < -0.39 is 0 Å². The van der Waals surface area contributed by atoms with Gasteiger partial charge in [-0.3, -0.25) is 4.79 Å². The molecule has 0 aliphatic carbocycles. The number of esters is 1. The molecule has 1 saturated heterocycles. The van der Waals surface area contributed by atoms with Crippen molar-refractivity contribution in [2.24, 2.45) is 0 Å². The minimum atomic E-state index is -0.388. The lowest BCUT2D eigenvalue weighted by Gasteiger charge is -2.36. The molecule has 3 rings (SSSR count). The van der Waals surface area contributed by atoms with E-state index >= 15 is 0 Å². The summed E-state index contributed by atoms with van der Waals surface area (Å²) in [5.74, 6) is -0.571. The monoisotopic (exact) mass is 395 g/mol. The Bertz CT molecular complexity index is 873. The van der Waals surface area contributed by atoms with Gasteiger partial charge < -0.3 is 19.9 Å².